The first-order valence-corrected chi connectivity index (χ1v) is 7.91. The summed E-state index contributed by atoms with van der Waals surface area (Å²) in [6.45, 7) is 1.23. The second-order valence-corrected chi connectivity index (χ2v) is 5.63. The molecule has 0 aromatic heterocycles. The molecular weight excluding hydrogens is 306 g/mol. The number of hydrogen-bond acceptors (Lipinski definition) is 7. The van der Waals surface area contributed by atoms with E-state index in [-0.39, 0.29) is 6.42 Å². The largest absolute Gasteiger partial charge is 0.394 e. The second-order valence-electron chi connectivity index (χ2n) is 5.63. The van der Waals surface area contributed by atoms with Crippen LogP contribution in [0.25, 0.3) is 0 Å². The third kappa shape index (κ3) is 7.36. The number of rotatable bonds is 11. The molecule has 0 saturated heterocycles. The lowest BCUT2D eigenvalue weighted by atomic mass is 10.0. The van der Waals surface area contributed by atoms with Crippen LogP contribution in [-0.2, 0) is 9.59 Å². The summed E-state index contributed by atoms with van der Waals surface area (Å²) in [6.07, 6.45) is -2.87. The molecule has 0 fully saturated rings. The van der Waals surface area contributed by atoms with Crippen LogP contribution in [0.5, 0.6) is 0 Å². The van der Waals surface area contributed by atoms with Crippen LogP contribution in [0.3, 0.4) is 0 Å². The SMILES string of the molecule is CCCCCCCC(=O)N(C)C(=O)C(O)C(O)C(O)C(O)CO. The van der Waals surface area contributed by atoms with Gasteiger partial charge >= 0.3 is 0 Å². The molecule has 4 atom stereocenters. The summed E-state index contributed by atoms with van der Waals surface area (Å²) >= 11 is 0. The van der Waals surface area contributed by atoms with Crippen LogP contribution in [0.1, 0.15) is 45.4 Å². The molecule has 0 aliphatic heterocycles. The number of aliphatic hydroxyl groups excluding tert-OH is 5. The van der Waals surface area contributed by atoms with E-state index < -0.39 is 42.8 Å². The Kier molecular flexibility index (Phi) is 10.9. The molecule has 0 aromatic carbocycles. The fourth-order valence-corrected chi connectivity index (χ4v) is 2.04. The summed E-state index contributed by atoms with van der Waals surface area (Å²) < 4.78 is 0. The average molecular weight is 335 g/mol. The van der Waals surface area contributed by atoms with Gasteiger partial charge in [-0.2, -0.15) is 0 Å². The molecule has 8 nitrogen and oxygen atoms in total. The second kappa shape index (κ2) is 11.5. The monoisotopic (exact) mass is 335 g/mol. The number of carbonyl (C=O) groups is 2. The van der Waals surface area contributed by atoms with Crippen LogP contribution >= 0.6 is 0 Å². The number of likely N-dealkylation sites (N-methyl/N-ethyl adjacent to an activating group) is 1. The van der Waals surface area contributed by atoms with E-state index in [0.29, 0.717) is 11.3 Å². The number of carbonyl (C=O) groups excluding carboxylic acids is 2. The lowest BCUT2D eigenvalue weighted by Gasteiger charge is -2.27. The molecule has 0 aromatic rings. The van der Waals surface area contributed by atoms with Gasteiger partial charge in [0.15, 0.2) is 6.10 Å². The molecule has 0 radical (unpaired) electrons. The summed E-state index contributed by atoms with van der Waals surface area (Å²) in [4.78, 5) is 24.5. The number of imide groups is 1. The molecule has 5 N–H and O–H groups in total. The van der Waals surface area contributed by atoms with Crippen LogP contribution in [0.4, 0.5) is 0 Å². The van der Waals surface area contributed by atoms with Crippen molar-refractivity contribution in [3.8, 4) is 0 Å². The molecule has 0 saturated carbocycles. The fourth-order valence-electron chi connectivity index (χ4n) is 2.04. The summed E-state index contributed by atoms with van der Waals surface area (Å²) in [5, 5.41) is 46.7. The van der Waals surface area contributed by atoms with Crippen molar-refractivity contribution >= 4 is 11.8 Å². The first-order chi connectivity index (χ1) is 10.8. The Morgan fingerprint density at radius 3 is 2.04 bits per heavy atom. The molecule has 0 spiro atoms. The van der Waals surface area contributed by atoms with Crippen LogP contribution < -0.4 is 0 Å². The van der Waals surface area contributed by atoms with E-state index in [2.05, 4.69) is 6.92 Å². The van der Waals surface area contributed by atoms with Gasteiger partial charge in [-0.25, -0.2) is 0 Å². The summed E-state index contributed by atoms with van der Waals surface area (Å²) in [7, 11) is 1.18. The molecule has 0 bridgehead atoms. The molecule has 0 heterocycles. The Balaban J connectivity index is 4.42. The molecule has 4 unspecified atom stereocenters. The first-order valence-electron chi connectivity index (χ1n) is 7.91. The summed E-state index contributed by atoms with van der Waals surface area (Å²) in [5.41, 5.74) is 0. The smallest absolute Gasteiger partial charge is 0.260 e. The van der Waals surface area contributed by atoms with E-state index >= 15 is 0 Å². The normalized spacial score (nSPS) is 16.5. The highest BCUT2D eigenvalue weighted by Gasteiger charge is 2.36. The molecule has 136 valence electrons. The van der Waals surface area contributed by atoms with Crippen molar-refractivity contribution in [2.75, 3.05) is 13.7 Å². The van der Waals surface area contributed by atoms with Crippen molar-refractivity contribution in [2.45, 2.75) is 69.9 Å². The quantitative estimate of drug-likeness (QED) is 0.298. The standard InChI is InChI=1S/C15H29NO7/c1-3-4-5-6-7-8-11(19)16(2)15(23)14(22)13(21)12(20)10(18)9-17/h10,12-14,17-18,20-22H,3-9H2,1-2H3. The highest BCUT2D eigenvalue weighted by Crippen LogP contribution is 2.10. The number of amides is 2. The number of hydrogen-bond donors (Lipinski definition) is 5. The van der Waals surface area contributed by atoms with Gasteiger partial charge in [-0.1, -0.05) is 32.6 Å². The van der Waals surface area contributed by atoms with E-state index in [4.69, 9.17) is 5.11 Å². The molecule has 8 heteroatoms. The highest BCUT2D eigenvalue weighted by molar-refractivity contribution is 5.97. The Morgan fingerprint density at radius 1 is 0.957 bits per heavy atom. The van der Waals surface area contributed by atoms with Gasteiger partial charge in [0.2, 0.25) is 5.91 Å². The summed E-state index contributed by atoms with van der Waals surface area (Å²) in [5.74, 6) is -1.56. The number of unbranched alkanes of at least 4 members (excludes halogenated alkanes) is 4. The van der Waals surface area contributed by atoms with E-state index in [1.54, 1.807) is 0 Å². The summed E-state index contributed by atoms with van der Waals surface area (Å²) in [6, 6.07) is 0. The van der Waals surface area contributed by atoms with Crippen LogP contribution in [0, 0.1) is 0 Å². The Labute approximate surface area is 136 Å². The lowest BCUT2D eigenvalue weighted by Crippen LogP contribution is -2.52. The van der Waals surface area contributed by atoms with Gasteiger partial charge in [0.25, 0.3) is 5.91 Å². The fraction of sp³-hybridized carbons (Fsp3) is 0.867. The van der Waals surface area contributed by atoms with E-state index in [0.717, 1.165) is 25.7 Å². The van der Waals surface area contributed by atoms with E-state index in [1.807, 2.05) is 0 Å². The van der Waals surface area contributed by atoms with Gasteiger partial charge in [-0.15, -0.1) is 0 Å². The molecule has 0 rings (SSSR count). The van der Waals surface area contributed by atoms with E-state index in [9.17, 15) is 30.0 Å². The number of aliphatic hydroxyl groups is 5. The molecule has 0 aliphatic rings. The van der Waals surface area contributed by atoms with E-state index in [1.165, 1.54) is 7.05 Å². The molecule has 0 aliphatic carbocycles. The van der Waals surface area contributed by atoms with Crippen molar-refractivity contribution in [3.05, 3.63) is 0 Å². The van der Waals surface area contributed by atoms with Crippen molar-refractivity contribution in [3.63, 3.8) is 0 Å². The van der Waals surface area contributed by atoms with Crippen LogP contribution in [-0.4, -0.2) is 80.3 Å². The zero-order valence-corrected chi connectivity index (χ0v) is 13.8. The lowest BCUT2D eigenvalue weighted by molar-refractivity contribution is -0.161. The third-order valence-electron chi connectivity index (χ3n) is 3.71. The maximum Gasteiger partial charge on any atom is 0.260 e. The zero-order valence-electron chi connectivity index (χ0n) is 13.8. The predicted molar refractivity (Wildman–Crippen MR) is 82.3 cm³/mol. The van der Waals surface area contributed by atoms with Crippen molar-refractivity contribution < 1.29 is 35.1 Å². The van der Waals surface area contributed by atoms with Crippen molar-refractivity contribution in [2.24, 2.45) is 0 Å². The van der Waals surface area contributed by atoms with Gasteiger partial charge in [0.05, 0.1) is 6.61 Å². The molecule has 23 heavy (non-hydrogen) atoms. The predicted octanol–water partition coefficient (Wildman–Crippen LogP) is -1.23. The minimum absolute atomic E-state index is 0.149. The maximum absolute atomic E-state index is 11.9. The highest BCUT2D eigenvalue weighted by atomic mass is 16.4. The van der Waals surface area contributed by atoms with Gasteiger partial charge in [0, 0.05) is 13.5 Å². The Bertz CT molecular complexity index is 364. The first kappa shape index (κ1) is 21.9. The maximum atomic E-state index is 11.9. The zero-order chi connectivity index (χ0) is 18.0. The van der Waals surface area contributed by atoms with Crippen molar-refractivity contribution in [1.29, 1.82) is 0 Å². The van der Waals surface area contributed by atoms with Gasteiger partial charge in [0.1, 0.15) is 18.3 Å². The Morgan fingerprint density at radius 2 is 1.52 bits per heavy atom. The topological polar surface area (TPSA) is 139 Å². The van der Waals surface area contributed by atoms with Crippen molar-refractivity contribution in [1.82, 2.24) is 4.90 Å². The van der Waals surface area contributed by atoms with Crippen LogP contribution in [0.2, 0.25) is 0 Å². The minimum Gasteiger partial charge on any atom is -0.394 e. The number of nitrogens with zero attached hydrogens (tertiary/aromatic N) is 1. The minimum atomic E-state index is -2.07. The third-order valence-corrected chi connectivity index (χ3v) is 3.71. The van der Waals surface area contributed by atoms with Gasteiger partial charge in [-0.05, 0) is 6.42 Å². The van der Waals surface area contributed by atoms with Crippen LogP contribution in [0.15, 0.2) is 0 Å². The Hall–Kier alpha value is -1.06. The van der Waals surface area contributed by atoms with Gasteiger partial charge < -0.3 is 25.5 Å². The molecular formula is C15H29NO7. The average Bonchev–Trinajstić information content (AvgIpc) is 2.57. The molecule has 2 amide bonds. The van der Waals surface area contributed by atoms with Gasteiger partial charge in [-0.3, -0.25) is 14.5 Å².